The predicted octanol–water partition coefficient (Wildman–Crippen LogP) is 1.85. The van der Waals surface area contributed by atoms with Crippen LogP contribution in [0, 0.1) is 6.92 Å². The minimum absolute atomic E-state index is 0.984. The van der Waals surface area contributed by atoms with Crippen molar-refractivity contribution in [2.45, 2.75) is 6.92 Å². The minimum Gasteiger partial charge on any atom is -0.369 e. The number of hydrogen-bond acceptors (Lipinski definition) is 2. The highest BCUT2D eigenvalue weighted by atomic mass is 15.1. The first-order chi connectivity index (χ1) is 5.77. The van der Waals surface area contributed by atoms with Crippen LogP contribution in [0.2, 0.25) is 0 Å². The molecule has 2 heteroatoms. The highest BCUT2D eigenvalue weighted by Crippen LogP contribution is 2.22. The van der Waals surface area contributed by atoms with Gasteiger partial charge in [0.25, 0.3) is 0 Å². The third kappa shape index (κ3) is 1.09. The molecule has 2 nitrogen and oxygen atoms in total. The Morgan fingerprint density at radius 1 is 1.42 bits per heavy atom. The van der Waals surface area contributed by atoms with Crippen LogP contribution in [-0.4, -0.2) is 18.6 Å². The Hall–Kier alpha value is -1.31. The highest BCUT2D eigenvalue weighted by Gasteiger charge is 2.09. The smallest absolute Gasteiger partial charge is 0.0863 e. The summed E-state index contributed by atoms with van der Waals surface area (Å²) in [6.45, 7) is 3.00. The molecule has 0 saturated heterocycles. The van der Waals surface area contributed by atoms with Gasteiger partial charge in [0.2, 0.25) is 0 Å². The second kappa shape index (κ2) is 2.63. The van der Waals surface area contributed by atoms with Gasteiger partial charge in [-0.05, 0) is 25.1 Å². The molecule has 1 aromatic rings. The summed E-state index contributed by atoms with van der Waals surface area (Å²) in [7, 11) is 2.08. The SMILES string of the molecule is Cc1ccc2c(n1)C=CCN2C. The molecule has 0 fully saturated rings. The van der Waals surface area contributed by atoms with Crippen molar-refractivity contribution < 1.29 is 0 Å². The second-order valence-electron chi connectivity index (χ2n) is 3.14. The van der Waals surface area contributed by atoms with Crippen molar-refractivity contribution >= 4 is 11.8 Å². The maximum absolute atomic E-state index is 4.44. The molecule has 0 aliphatic carbocycles. The summed E-state index contributed by atoms with van der Waals surface area (Å²) in [6.07, 6.45) is 4.22. The normalized spacial score (nSPS) is 14.7. The summed E-state index contributed by atoms with van der Waals surface area (Å²) in [6, 6.07) is 4.18. The molecule has 2 heterocycles. The fourth-order valence-electron chi connectivity index (χ4n) is 1.44. The summed E-state index contributed by atoms with van der Waals surface area (Å²) in [4.78, 5) is 6.63. The zero-order chi connectivity index (χ0) is 8.55. The van der Waals surface area contributed by atoms with Gasteiger partial charge in [-0.1, -0.05) is 6.08 Å². The number of aryl methyl sites for hydroxylation is 1. The summed E-state index contributed by atoms with van der Waals surface area (Å²) >= 11 is 0. The van der Waals surface area contributed by atoms with Gasteiger partial charge >= 0.3 is 0 Å². The topological polar surface area (TPSA) is 16.1 Å². The number of rotatable bonds is 0. The lowest BCUT2D eigenvalue weighted by atomic mass is 10.2. The van der Waals surface area contributed by atoms with Gasteiger partial charge in [0.05, 0.1) is 11.4 Å². The monoisotopic (exact) mass is 160 g/mol. The molecule has 0 unspecified atom stereocenters. The lowest BCUT2D eigenvalue weighted by Crippen LogP contribution is -2.20. The van der Waals surface area contributed by atoms with Crippen molar-refractivity contribution in [3.63, 3.8) is 0 Å². The molecule has 1 aliphatic heterocycles. The Kier molecular flexibility index (Phi) is 1.61. The standard InChI is InChI=1S/C10H12N2/c1-8-5-6-10-9(11-8)4-3-7-12(10)2/h3-6H,7H2,1-2H3. The first-order valence-corrected chi connectivity index (χ1v) is 4.13. The molecule has 0 spiro atoms. The van der Waals surface area contributed by atoms with E-state index in [4.69, 9.17) is 0 Å². The van der Waals surface area contributed by atoms with Crippen LogP contribution in [0.15, 0.2) is 18.2 Å². The van der Waals surface area contributed by atoms with E-state index in [9.17, 15) is 0 Å². The summed E-state index contributed by atoms with van der Waals surface area (Å²) in [5.41, 5.74) is 3.39. The van der Waals surface area contributed by atoms with E-state index in [-0.39, 0.29) is 0 Å². The summed E-state index contributed by atoms with van der Waals surface area (Å²) < 4.78 is 0. The Morgan fingerprint density at radius 3 is 3.08 bits per heavy atom. The van der Waals surface area contributed by atoms with Crippen molar-refractivity contribution in [2.24, 2.45) is 0 Å². The molecule has 0 amide bonds. The first-order valence-electron chi connectivity index (χ1n) is 4.13. The third-order valence-electron chi connectivity index (χ3n) is 2.11. The Balaban J connectivity index is 2.55. The molecule has 62 valence electrons. The van der Waals surface area contributed by atoms with E-state index in [1.54, 1.807) is 0 Å². The number of anilines is 1. The number of hydrogen-bond donors (Lipinski definition) is 0. The van der Waals surface area contributed by atoms with Gasteiger partial charge in [-0.25, -0.2) is 0 Å². The number of aromatic nitrogens is 1. The summed E-state index contributed by atoms with van der Waals surface area (Å²) in [5.74, 6) is 0. The van der Waals surface area contributed by atoms with Crippen molar-refractivity contribution in [3.8, 4) is 0 Å². The molecule has 1 aromatic heterocycles. The Labute approximate surface area is 72.5 Å². The summed E-state index contributed by atoms with van der Waals surface area (Å²) in [5, 5.41) is 0. The van der Waals surface area contributed by atoms with Crippen LogP contribution in [0.5, 0.6) is 0 Å². The Bertz CT molecular complexity index is 329. The molecule has 0 bridgehead atoms. The van der Waals surface area contributed by atoms with Gasteiger partial charge in [-0.15, -0.1) is 0 Å². The van der Waals surface area contributed by atoms with E-state index >= 15 is 0 Å². The average molecular weight is 160 g/mol. The van der Waals surface area contributed by atoms with Gasteiger partial charge in [0.1, 0.15) is 0 Å². The average Bonchev–Trinajstić information content (AvgIpc) is 2.04. The number of fused-ring (bicyclic) bond motifs is 1. The number of likely N-dealkylation sites (N-methyl/N-ethyl adjacent to an activating group) is 1. The van der Waals surface area contributed by atoms with Crippen LogP contribution >= 0.6 is 0 Å². The maximum atomic E-state index is 4.44. The van der Waals surface area contributed by atoms with Gasteiger partial charge in [-0.2, -0.15) is 0 Å². The van der Waals surface area contributed by atoms with Crippen molar-refractivity contribution in [1.82, 2.24) is 4.98 Å². The molecule has 0 aromatic carbocycles. The van der Waals surface area contributed by atoms with Crippen molar-refractivity contribution in [3.05, 3.63) is 29.6 Å². The van der Waals surface area contributed by atoms with Crippen LogP contribution in [-0.2, 0) is 0 Å². The van der Waals surface area contributed by atoms with E-state index in [0.29, 0.717) is 0 Å². The highest BCUT2D eigenvalue weighted by molar-refractivity contribution is 5.67. The van der Waals surface area contributed by atoms with Crippen LogP contribution < -0.4 is 4.90 Å². The van der Waals surface area contributed by atoms with Crippen molar-refractivity contribution in [2.75, 3.05) is 18.5 Å². The van der Waals surface area contributed by atoms with E-state index < -0.39 is 0 Å². The van der Waals surface area contributed by atoms with Crippen molar-refractivity contribution in [1.29, 1.82) is 0 Å². The van der Waals surface area contributed by atoms with E-state index in [1.807, 2.05) is 6.92 Å². The Morgan fingerprint density at radius 2 is 2.25 bits per heavy atom. The number of pyridine rings is 1. The molecular formula is C10H12N2. The van der Waals surface area contributed by atoms with Gasteiger partial charge in [0.15, 0.2) is 0 Å². The molecule has 12 heavy (non-hydrogen) atoms. The van der Waals surface area contributed by atoms with Crippen LogP contribution in [0.4, 0.5) is 5.69 Å². The maximum Gasteiger partial charge on any atom is 0.0863 e. The molecule has 0 radical (unpaired) electrons. The molecule has 0 N–H and O–H groups in total. The first kappa shape index (κ1) is 7.35. The molecule has 2 rings (SSSR count). The van der Waals surface area contributed by atoms with Crippen LogP contribution in [0.25, 0.3) is 6.08 Å². The van der Waals surface area contributed by atoms with Crippen LogP contribution in [0.1, 0.15) is 11.4 Å². The van der Waals surface area contributed by atoms with Gasteiger partial charge in [-0.3, -0.25) is 4.98 Å². The molecule has 0 atom stereocenters. The molecular weight excluding hydrogens is 148 g/mol. The molecule has 1 aliphatic rings. The predicted molar refractivity (Wildman–Crippen MR) is 51.3 cm³/mol. The number of nitrogens with zero attached hydrogens (tertiary/aromatic N) is 2. The van der Waals surface area contributed by atoms with E-state index in [2.05, 4.69) is 41.2 Å². The van der Waals surface area contributed by atoms with E-state index in [0.717, 1.165) is 17.9 Å². The third-order valence-corrected chi connectivity index (χ3v) is 2.11. The quantitative estimate of drug-likeness (QED) is 0.575. The zero-order valence-corrected chi connectivity index (χ0v) is 7.41. The lowest BCUT2D eigenvalue weighted by molar-refractivity contribution is 0.994. The fraction of sp³-hybridized carbons (Fsp3) is 0.300. The fourth-order valence-corrected chi connectivity index (χ4v) is 1.44. The van der Waals surface area contributed by atoms with Gasteiger partial charge < -0.3 is 4.90 Å². The zero-order valence-electron chi connectivity index (χ0n) is 7.41. The van der Waals surface area contributed by atoms with E-state index in [1.165, 1.54) is 5.69 Å². The molecule has 0 saturated carbocycles. The largest absolute Gasteiger partial charge is 0.369 e. The lowest BCUT2D eigenvalue weighted by Gasteiger charge is -2.22. The van der Waals surface area contributed by atoms with Crippen LogP contribution in [0.3, 0.4) is 0 Å². The second-order valence-corrected chi connectivity index (χ2v) is 3.14. The minimum atomic E-state index is 0.984. The van der Waals surface area contributed by atoms with Gasteiger partial charge in [0, 0.05) is 19.3 Å².